The zero-order valence-corrected chi connectivity index (χ0v) is 17.1. The van der Waals surface area contributed by atoms with E-state index in [4.69, 9.17) is 10.5 Å². The molecule has 4 N–H and O–H groups in total. The molecule has 2 amide bonds. The first-order chi connectivity index (χ1) is 15.1. The number of fused-ring (bicyclic) bond motifs is 1. The summed E-state index contributed by atoms with van der Waals surface area (Å²) in [6.45, 7) is 3.04. The van der Waals surface area contributed by atoms with Crippen LogP contribution in [0.1, 0.15) is 23.2 Å². The maximum absolute atomic E-state index is 12.0. The number of nitrogens with one attached hydrogen (secondary N) is 2. The molecule has 1 aromatic heterocycles. The molecule has 10 nitrogen and oxygen atoms in total. The van der Waals surface area contributed by atoms with Gasteiger partial charge in [-0.2, -0.15) is 4.98 Å². The molecule has 1 unspecified atom stereocenters. The number of nitrogens with zero attached hydrogens (tertiary/aromatic N) is 4. The van der Waals surface area contributed by atoms with Crippen LogP contribution in [0.25, 0.3) is 0 Å². The Morgan fingerprint density at radius 3 is 2.74 bits per heavy atom. The molecule has 1 atom stereocenters. The Bertz CT molecular complexity index is 993. The van der Waals surface area contributed by atoms with Crippen LogP contribution in [0.5, 0.6) is 0 Å². The number of carbonyl (C=O) groups excluding carboxylic acids is 2. The fraction of sp³-hybridized carbons (Fsp3) is 0.429. The van der Waals surface area contributed by atoms with Crippen molar-refractivity contribution in [3.63, 3.8) is 0 Å². The van der Waals surface area contributed by atoms with Gasteiger partial charge < -0.3 is 30.9 Å². The summed E-state index contributed by atoms with van der Waals surface area (Å²) in [6.07, 6.45) is 3.56. The number of hydrogen-bond donors (Lipinski definition) is 3. The third-order valence-electron chi connectivity index (χ3n) is 5.80. The summed E-state index contributed by atoms with van der Waals surface area (Å²) in [5.74, 6) is 0.385. The lowest BCUT2D eigenvalue weighted by atomic mass is 10.1. The molecule has 2 aromatic rings. The number of hydrogen-bond acceptors (Lipinski definition) is 8. The number of morpholine rings is 1. The SMILES string of the molecule is NC(=O)c1cnc(Nc2ccc(N3CCN4C(=O)COCC4C3)cc2)nc1NC1CC1. The summed E-state index contributed by atoms with van der Waals surface area (Å²) < 4.78 is 5.41. The summed E-state index contributed by atoms with van der Waals surface area (Å²) >= 11 is 0. The van der Waals surface area contributed by atoms with Crippen molar-refractivity contribution in [2.45, 2.75) is 24.9 Å². The van der Waals surface area contributed by atoms with Gasteiger partial charge in [0, 0.05) is 43.2 Å². The zero-order valence-electron chi connectivity index (χ0n) is 17.1. The molecular weight excluding hydrogens is 398 g/mol. The molecule has 1 aromatic carbocycles. The minimum Gasteiger partial charge on any atom is -0.369 e. The third kappa shape index (κ3) is 4.24. The first-order valence-electron chi connectivity index (χ1n) is 10.5. The smallest absolute Gasteiger partial charge is 0.254 e. The predicted octanol–water partition coefficient (Wildman–Crippen LogP) is 0.941. The molecular formula is C21H25N7O3. The van der Waals surface area contributed by atoms with Crippen LogP contribution in [0.4, 0.5) is 23.1 Å². The molecule has 0 bridgehead atoms. The van der Waals surface area contributed by atoms with Crippen LogP contribution in [0, 0.1) is 0 Å². The number of carbonyl (C=O) groups is 2. The summed E-state index contributed by atoms with van der Waals surface area (Å²) in [5, 5.41) is 6.41. The number of piperazine rings is 1. The van der Waals surface area contributed by atoms with Gasteiger partial charge in [-0.05, 0) is 37.1 Å². The Labute approximate surface area is 179 Å². The topological polar surface area (TPSA) is 126 Å². The molecule has 3 heterocycles. The van der Waals surface area contributed by atoms with Crippen LogP contribution in [-0.4, -0.2) is 71.6 Å². The fourth-order valence-electron chi connectivity index (χ4n) is 3.96. The van der Waals surface area contributed by atoms with E-state index < -0.39 is 5.91 Å². The van der Waals surface area contributed by atoms with Gasteiger partial charge >= 0.3 is 0 Å². The summed E-state index contributed by atoms with van der Waals surface area (Å²) in [4.78, 5) is 36.5. The minimum atomic E-state index is -0.552. The fourth-order valence-corrected chi connectivity index (χ4v) is 3.96. The Balaban J connectivity index is 1.26. The van der Waals surface area contributed by atoms with Crippen molar-refractivity contribution in [2.75, 3.05) is 48.4 Å². The van der Waals surface area contributed by atoms with E-state index in [2.05, 4.69) is 25.5 Å². The lowest BCUT2D eigenvalue weighted by Crippen LogP contribution is -2.60. The van der Waals surface area contributed by atoms with Crippen molar-refractivity contribution in [2.24, 2.45) is 5.73 Å². The highest BCUT2D eigenvalue weighted by Gasteiger charge is 2.33. The molecule has 3 aliphatic rings. The van der Waals surface area contributed by atoms with Gasteiger partial charge in [0.05, 0.1) is 18.2 Å². The number of benzene rings is 1. The van der Waals surface area contributed by atoms with Crippen molar-refractivity contribution >= 4 is 35.0 Å². The second-order valence-electron chi connectivity index (χ2n) is 8.11. The number of nitrogens with two attached hydrogens (primary N) is 1. The van der Waals surface area contributed by atoms with Gasteiger partial charge in [0.1, 0.15) is 12.4 Å². The van der Waals surface area contributed by atoms with E-state index in [9.17, 15) is 9.59 Å². The maximum atomic E-state index is 12.0. The zero-order chi connectivity index (χ0) is 21.4. The number of aromatic nitrogens is 2. The van der Waals surface area contributed by atoms with Crippen molar-refractivity contribution in [1.82, 2.24) is 14.9 Å². The molecule has 10 heteroatoms. The summed E-state index contributed by atoms with van der Waals surface area (Å²) in [5.41, 5.74) is 7.65. The third-order valence-corrected chi connectivity index (χ3v) is 5.80. The molecule has 2 aliphatic heterocycles. The number of rotatable bonds is 6. The van der Waals surface area contributed by atoms with Crippen LogP contribution in [0.2, 0.25) is 0 Å². The Morgan fingerprint density at radius 2 is 2.00 bits per heavy atom. The van der Waals surface area contributed by atoms with Crippen molar-refractivity contribution in [3.8, 4) is 0 Å². The van der Waals surface area contributed by atoms with Crippen LogP contribution in [0.3, 0.4) is 0 Å². The second-order valence-corrected chi connectivity index (χ2v) is 8.11. The first-order valence-corrected chi connectivity index (χ1v) is 10.5. The largest absolute Gasteiger partial charge is 0.369 e. The van der Waals surface area contributed by atoms with Gasteiger partial charge in [0.25, 0.3) is 5.91 Å². The molecule has 2 saturated heterocycles. The van der Waals surface area contributed by atoms with Crippen LogP contribution >= 0.6 is 0 Å². The Hall–Kier alpha value is -3.40. The molecule has 5 rings (SSSR count). The van der Waals surface area contributed by atoms with Crippen molar-refractivity contribution < 1.29 is 14.3 Å². The van der Waals surface area contributed by atoms with Gasteiger partial charge in [0.15, 0.2) is 0 Å². The van der Waals surface area contributed by atoms with E-state index in [-0.39, 0.29) is 24.1 Å². The van der Waals surface area contributed by atoms with E-state index in [1.165, 1.54) is 6.20 Å². The van der Waals surface area contributed by atoms with Gasteiger partial charge in [-0.15, -0.1) is 0 Å². The Morgan fingerprint density at radius 1 is 1.19 bits per heavy atom. The standard InChI is InChI=1S/C21H25N7O3/c22-19(30)17-9-23-21(26-20(17)24-13-1-2-13)25-14-3-5-15(6-4-14)27-7-8-28-16(10-27)11-31-12-18(28)29/h3-6,9,13,16H,1-2,7-8,10-12H2,(H2,22,30)(H2,23,24,25,26). The molecule has 0 radical (unpaired) electrons. The van der Waals surface area contributed by atoms with E-state index in [1.54, 1.807) is 0 Å². The van der Waals surface area contributed by atoms with Crippen molar-refractivity contribution in [3.05, 3.63) is 36.0 Å². The number of anilines is 4. The van der Waals surface area contributed by atoms with Gasteiger partial charge in [-0.1, -0.05) is 0 Å². The van der Waals surface area contributed by atoms with Gasteiger partial charge in [0.2, 0.25) is 11.9 Å². The average Bonchev–Trinajstić information content (AvgIpc) is 3.58. The monoisotopic (exact) mass is 423 g/mol. The number of amides is 2. The van der Waals surface area contributed by atoms with Crippen molar-refractivity contribution in [1.29, 1.82) is 0 Å². The molecule has 162 valence electrons. The second kappa shape index (κ2) is 8.03. The quantitative estimate of drug-likeness (QED) is 0.627. The van der Waals surface area contributed by atoms with E-state index >= 15 is 0 Å². The van der Waals surface area contributed by atoms with Crippen LogP contribution in [-0.2, 0) is 9.53 Å². The Kier molecular flexibility index (Phi) is 5.06. The summed E-state index contributed by atoms with van der Waals surface area (Å²) in [6, 6.07) is 8.43. The normalized spacial score (nSPS) is 20.9. The minimum absolute atomic E-state index is 0.0772. The highest BCUT2D eigenvalue weighted by atomic mass is 16.5. The van der Waals surface area contributed by atoms with Gasteiger partial charge in [-0.3, -0.25) is 9.59 Å². The van der Waals surface area contributed by atoms with Crippen LogP contribution < -0.4 is 21.3 Å². The first kappa shape index (κ1) is 19.6. The number of primary amides is 1. The molecule has 1 aliphatic carbocycles. The lowest BCUT2D eigenvalue weighted by molar-refractivity contribution is -0.148. The highest BCUT2D eigenvalue weighted by molar-refractivity contribution is 5.97. The lowest BCUT2D eigenvalue weighted by Gasteiger charge is -2.44. The molecule has 1 saturated carbocycles. The van der Waals surface area contributed by atoms with E-state index in [0.29, 0.717) is 31.0 Å². The average molecular weight is 423 g/mol. The van der Waals surface area contributed by atoms with Crippen LogP contribution in [0.15, 0.2) is 30.5 Å². The molecule has 31 heavy (non-hydrogen) atoms. The summed E-state index contributed by atoms with van der Waals surface area (Å²) in [7, 11) is 0. The molecule has 0 spiro atoms. The number of ether oxygens (including phenoxy) is 1. The predicted molar refractivity (Wildman–Crippen MR) is 115 cm³/mol. The van der Waals surface area contributed by atoms with Gasteiger partial charge in [-0.25, -0.2) is 4.98 Å². The highest BCUT2D eigenvalue weighted by Crippen LogP contribution is 2.27. The maximum Gasteiger partial charge on any atom is 0.254 e. The van der Waals surface area contributed by atoms with E-state index in [0.717, 1.165) is 37.3 Å². The van der Waals surface area contributed by atoms with E-state index in [1.807, 2.05) is 29.2 Å². The molecule has 3 fully saturated rings.